The zero-order chi connectivity index (χ0) is 9.45. The van der Waals surface area contributed by atoms with Crippen molar-refractivity contribution >= 4 is 21.4 Å². The maximum atomic E-state index is 11.1. The molecule has 0 aliphatic carbocycles. The van der Waals surface area contributed by atoms with Gasteiger partial charge in [-0.05, 0) is 13.0 Å². The highest BCUT2D eigenvalue weighted by Gasteiger charge is 2.07. The molecule has 3 nitrogen and oxygen atoms in total. The van der Waals surface area contributed by atoms with E-state index in [4.69, 9.17) is 11.6 Å². The summed E-state index contributed by atoms with van der Waals surface area (Å²) in [5, 5.41) is 3.03. The number of rotatable bonds is 7. The van der Waals surface area contributed by atoms with Crippen molar-refractivity contribution in [2.24, 2.45) is 0 Å². The molecule has 0 saturated carbocycles. The van der Waals surface area contributed by atoms with E-state index in [2.05, 4.69) is 5.32 Å². The lowest BCUT2D eigenvalue weighted by molar-refractivity contribution is 0.591. The van der Waals surface area contributed by atoms with Crippen LogP contribution in [0.4, 0.5) is 0 Å². The molecule has 0 atom stereocenters. The fraction of sp³-hybridized carbons (Fsp3) is 1.00. The van der Waals surface area contributed by atoms with E-state index in [9.17, 15) is 8.42 Å². The molecular weight excluding hydrogens is 198 g/mol. The molecule has 0 aromatic heterocycles. The van der Waals surface area contributed by atoms with Gasteiger partial charge in [0, 0.05) is 12.4 Å². The van der Waals surface area contributed by atoms with Crippen LogP contribution in [0.15, 0.2) is 0 Å². The van der Waals surface area contributed by atoms with Crippen molar-refractivity contribution in [1.82, 2.24) is 5.32 Å². The van der Waals surface area contributed by atoms with E-state index < -0.39 is 9.84 Å². The third kappa shape index (κ3) is 6.88. The third-order valence-corrected chi connectivity index (χ3v) is 3.47. The molecule has 0 unspecified atom stereocenters. The van der Waals surface area contributed by atoms with E-state index in [1.54, 1.807) is 0 Å². The fourth-order valence-electron chi connectivity index (χ4n) is 0.749. The first-order valence-electron chi connectivity index (χ1n) is 4.09. The number of alkyl halides is 1. The van der Waals surface area contributed by atoms with Crippen molar-refractivity contribution < 1.29 is 8.42 Å². The maximum absolute atomic E-state index is 11.1. The summed E-state index contributed by atoms with van der Waals surface area (Å²) in [5.74, 6) is 0.470. The second kappa shape index (κ2) is 6.69. The summed E-state index contributed by atoms with van der Waals surface area (Å²) in [7, 11) is -2.91. The summed E-state index contributed by atoms with van der Waals surface area (Å²) in [6.45, 7) is 3.45. The predicted molar refractivity (Wildman–Crippen MR) is 52.5 cm³/mol. The van der Waals surface area contributed by atoms with Gasteiger partial charge in [0.1, 0.15) is 0 Å². The Labute approximate surface area is 79.4 Å². The molecule has 74 valence electrons. The molecule has 0 spiro atoms. The molecule has 0 aromatic carbocycles. The van der Waals surface area contributed by atoms with Crippen molar-refractivity contribution in [2.45, 2.75) is 13.3 Å². The first-order chi connectivity index (χ1) is 5.62. The van der Waals surface area contributed by atoms with E-state index in [0.717, 1.165) is 13.0 Å². The summed E-state index contributed by atoms with van der Waals surface area (Å²) in [4.78, 5) is 0. The molecule has 0 rings (SSSR count). The Morgan fingerprint density at radius 1 is 1.25 bits per heavy atom. The lowest BCUT2D eigenvalue weighted by Gasteiger charge is -2.02. The molecule has 12 heavy (non-hydrogen) atoms. The first-order valence-corrected chi connectivity index (χ1v) is 6.45. The predicted octanol–water partition coefficient (Wildman–Crippen LogP) is 0.640. The lowest BCUT2D eigenvalue weighted by atomic mass is 10.5. The second-order valence-corrected chi connectivity index (χ2v) is 5.27. The van der Waals surface area contributed by atoms with Gasteiger partial charge in [0.15, 0.2) is 9.84 Å². The standard InChI is InChI=1S/C7H16ClNO2S/c1-2-4-9-5-7-12(10,11)6-3-8/h9H,2-7H2,1H3. The molecule has 0 aliphatic heterocycles. The zero-order valence-electron chi connectivity index (χ0n) is 7.35. The Kier molecular flexibility index (Phi) is 6.80. The molecule has 0 heterocycles. The van der Waals surface area contributed by atoms with Crippen LogP contribution in [-0.2, 0) is 9.84 Å². The minimum Gasteiger partial charge on any atom is -0.316 e. The van der Waals surface area contributed by atoms with Gasteiger partial charge < -0.3 is 5.32 Å². The molecule has 0 aromatic rings. The van der Waals surface area contributed by atoms with Crippen molar-refractivity contribution in [3.63, 3.8) is 0 Å². The molecule has 5 heteroatoms. The molecule has 0 saturated heterocycles. The van der Waals surface area contributed by atoms with E-state index in [-0.39, 0.29) is 17.4 Å². The van der Waals surface area contributed by atoms with Gasteiger partial charge in [-0.15, -0.1) is 11.6 Å². The Hall–Kier alpha value is 0.200. The van der Waals surface area contributed by atoms with Crippen LogP contribution in [0, 0.1) is 0 Å². The Bertz CT molecular complexity index is 192. The number of nitrogens with one attached hydrogen (secondary N) is 1. The van der Waals surface area contributed by atoms with Crippen LogP contribution in [-0.4, -0.2) is 38.9 Å². The van der Waals surface area contributed by atoms with E-state index in [1.165, 1.54) is 0 Å². The topological polar surface area (TPSA) is 46.2 Å². The maximum Gasteiger partial charge on any atom is 0.152 e. The molecular formula is C7H16ClNO2S. The first kappa shape index (κ1) is 12.2. The zero-order valence-corrected chi connectivity index (χ0v) is 8.92. The summed E-state index contributed by atoms with van der Waals surface area (Å²) < 4.78 is 22.1. The summed E-state index contributed by atoms with van der Waals surface area (Å²) in [5.41, 5.74) is 0. The highest BCUT2D eigenvalue weighted by molar-refractivity contribution is 7.91. The average Bonchev–Trinajstić information content (AvgIpc) is 1.98. The fourth-order valence-corrected chi connectivity index (χ4v) is 2.35. The van der Waals surface area contributed by atoms with Gasteiger partial charge in [-0.25, -0.2) is 8.42 Å². The largest absolute Gasteiger partial charge is 0.316 e. The SMILES string of the molecule is CCCNCCS(=O)(=O)CCCl. The normalized spacial score (nSPS) is 11.8. The van der Waals surface area contributed by atoms with E-state index in [1.807, 2.05) is 6.92 Å². The quantitative estimate of drug-likeness (QED) is 0.499. The molecule has 0 fully saturated rings. The van der Waals surface area contributed by atoms with Gasteiger partial charge in [-0.2, -0.15) is 0 Å². The van der Waals surface area contributed by atoms with Gasteiger partial charge in [0.2, 0.25) is 0 Å². The van der Waals surface area contributed by atoms with Gasteiger partial charge in [-0.3, -0.25) is 0 Å². The van der Waals surface area contributed by atoms with Crippen LogP contribution in [0.5, 0.6) is 0 Å². The van der Waals surface area contributed by atoms with Gasteiger partial charge in [0.25, 0.3) is 0 Å². The van der Waals surface area contributed by atoms with Crippen molar-refractivity contribution in [1.29, 1.82) is 0 Å². The Morgan fingerprint density at radius 2 is 1.92 bits per heavy atom. The summed E-state index contributed by atoms with van der Waals surface area (Å²) >= 11 is 5.33. The minimum absolute atomic E-state index is 0.0857. The van der Waals surface area contributed by atoms with Crippen LogP contribution in [0.3, 0.4) is 0 Å². The van der Waals surface area contributed by atoms with Crippen LogP contribution in [0.1, 0.15) is 13.3 Å². The molecule has 1 N–H and O–H groups in total. The number of halogens is 1. The van der Waals surface area contributed by atoms with Crippen LogP contribution < -0.4 is 5.32 Å². The van der Waals surface area contributed by atoms with E-state index in [0.29, 0.717) is 6.54 Å². The van der Waals surface area contributed by atoms with Crippen LogP contribution >= 0.6 is 11.6 Å². The molecule has 0 amide bonds. The van der Waals surface area contributed by atoms with Crippen molar-refractivity contribution in [2.75, 3.05) is 30.5 Å². The molecule has 0 aliphatic rings. The number of hydrogen-bond donors (Lipinski definition) is 1. The van der Waals surface area contributed by atoms with Crippen LogP contribution in [0.2, 0.25) is 0 Å². The average molecular weight is 214 g/mol. The highest BCUT2D eigenvalue weighted by atomic mass is 35.5. The Balaban J connectivity index is 3.48. The van der Waals surface area contributed by atoms with E-state index >= 15 is 0 Å². The Morgan fingerprint density at radius 3 is 2.42 bits per heavy atom. The van der Waals surface area contributed by atoms with Gasteiger partial charge >= 0.3 is 0 Å². The highest BCUT2D eigenvalue weighted by Crippen LogP contribution is 1.90. The monoisotopic (exact) mass is 213 g/mol. The van der Waals surface area contributed by atoms with Gasteiger partial charge in [0.05, 0.1) is 11.5 Å². The molecule has 0 radical (unpaired) electrons. The summed E-state index contributed by atoms with van der Waals surface area (Å²) in [6, 6.07) is 0. The minimum atomic E-state index is -2.91. The molecule has 0 bridgehead atoms. The van der Waals surface area contributed by atoms with Crippen molar-refractivity contribution in [3.8, 4) is 0 Å². The van der Waals surface area contributed by atoms with Crippen molar-refractivity contribution in [3.05, 3.63) is 0 Å². The third-order valence-electron chi connectivity index (χ3n) is 1.40. The van der Waals surface area contributed by atoms with Gasteiger partial charge in [-0.1, -0.05) is 6.92 Å². The smallest absolute Gasteiger partial charge is 0.152 e. The summed E-state index contributed by atoms with van der Waals surface area (Å²) in [6.07, 6.45) is 1.02. The lowest BCUT2D eigenvalue weighted by Crippen LogP contribution is -2.25. The number of hydrogen-bond acceptors (Lipinski definition) is 3. The number of sulfone groups is 1. The second-order valence-electron chi connectivity index (χ2n) is 2.59. The van der Waals surface area contributed by atoms with Crippen LogP contribution in [0.25, 0.3) is 0 Å².